The Hall–Kier alpha value is -2.19. The van der Waals surface area contributed by atoms with E-state index < -0.39 is 35.0 Å². The third-order valence-electron chi connectivity index (χ3n) is 8.09. The second-order valence-electron chi connectivity index (χ2n) is 10.5. The molecule has 2 amide bonds. The van der Waals surface area contributed by atoms with Gasteiger partial charge in [-0.25, -0.2) is 0 Å². The van der Waals surface area contributed by atoms with E-state index in [-0.39, 0.29) is 24.5 Å². The molecule has 4 rings (SSSR count). The van der Waals surface area contributed by atoms with Crippen molar-refractivity contribution in [2.75, 3.05) is 26.3 Å². The van der Waals surface area contributed by atoms with Crippen LogP contribution in [0.1, 0.15) is 65.7 Å². The standard InChI is InChI=1S/C27H40N2O6/c1-4-26-13-8-7-11-18-34-25(33)21(26)20-23(31)29(15-9-5-6-10-17-30)22-24(32)28(19(2)3)16-12-14-27(20,22)35-26/h8,12-14,19-22,30H,4-7,9-11,15-18H2,1-3H3/b13-8-/t20-,21-,22?,26+,27-/m0/s1. The normalized spacial score (nSPS) is 35.7. The van der Waals surface area contributed by atoms with Crippen molar-refractivity contribution in [1.29, 1.82) is 0 Å². The third-order valence-corrected chi connectivity index (χ3v) is 8.09. The summed E-state index contributed by atoms with van der Waals surface area (Å²) in [4.78, 5) is 45.0. The van der Waals surface area contributed by atoms with E-state index in [9.17, 15) is 14.4 Å². The zero-order valence-corrected chi connectivity index (χ0v) is 21.3. The van der Waals surface area contributed by atoms with Gasteiger partial charge in [-0.2, -0.15) is 0 Å². The fourth-order valence-electron chi connectivity index (χ4n) is 6.34. The first-order chi connectivity index (χ1) is 16.8. The maximum absolute atomic E-state index is 14.1. The van der Waals surface area contributed by atoms with E-state index in [1.807, 2.05) is 45.1 Å². The van der Waals surface area contributed by atoms with Crippen LogP contribution in [0.15, 0.2) is 24.3 Å². The van der Waals surface area contributed by atoms with E-state index in [2.05, 4.69) is 0 Å². The Bertz CT molecular complexity index is 885. The maximum atomic E-state index is 14.1. The minimum Gasteiger partial charge on any atom is -0.465 e. The number of nitrogens with zero attached hydrogens (tertiary/aromatic N) is 2. The van der Waals surface area contributed by atoms with Crippen LogP contribution in [-0.4, -0.2) is 82.3 Å². The summed E-state index contributed by atoms with van der Waals surface area (Å²) in [5.41, 5.74) is -2.21. The molecule has 0 aromatic carbocycles. The largest absolute Gasteiger partial charge is 0.465 e. The van der Waals surface area contributed by atoms with Crippen LogP contribution >= 0.6 is 0 Å². The van der Waals surface area contributed by atoms with Crippen LogP contribution in [0, 0.1) is 11.8 Å². The number of hydrogen-bond donors (Lipinski definition) is 1. The first kappa shape index (κ1) is 25.9. The summed E-state index contributed by atoms with van der Waals surface area (Å²) in [7, 11) is 0. The van der Waals surface area contributed by atoms with Gasteiger partial charge in [-0.15, -0.1) is 0 Å². The SMILES string of the molecule is CC[C@@]12/C=C\CCCOC(=O)[C@@H]1[C@H]1C(=O)N(CCCCCCO)C3C(=O)N(C(C)C)CC=C[C@@]31O2. The number of carbonyl (C=O) groups is 3. The van der Waals surface area contributed by atoms with Gasteiger partial charge < -0.3 is 24.4 Å². The number of aliphatic hydroxyl groups is 1. The molecule has 5 atom stereocenters. The lowest BCUT2D eigenvalue weighted by Gasteiger charge is -2.39. The molecule has 0 aromatic rings. The number of hydrogen-bond acceptors (Lipinski definition) is 6. The van der Waals surface area contributed by atoms with Gasteiger partial charge in [0.25, 0.3) is 0 Å². The Kier molecular flexibility index (Phi) is 7.71. The molecule has 4 heterocycles. The number of likely N-dealkylation sites (tertiary alicyclic amines) is 1. The van der Waals surface area contributed by atoms with E-state index in [0.717, 1.165) is 38.5 Å². The number of amides is 2. The highest BCUT2D eigenvalue weighted by atomic mass is 16.6. The highest BCUT2D eigenvalue weighted by molar-refractivity contribution is 5.99. The molecular weight excluding hydrogens is 448 g/mol. The van der Waals surface area contributed by atoms with Gasteiger partial charge >= 0.3 is 5.97 Å². The molecule has 0 aromatic heterocycles. The van der Waals surface area contributed by atoms with Gasteiger partial charge in [0.1, 0.15) is 23.2 Å². The number of unbranched alkanes of at least 4 members (excludes halogenated alkanes) is 3. The van der Waals surface area contributed by atoms with Crippen LogP contribution in [0.25, 0.3) is 0 Å². The van der Waals surface area contributed by atoms with Crippen molar-refractivity contribution in [3.05, 3.63) is 24.3 Å². The van der Waals surface area contributed by atoms with Crippen molar-refractivity contribution in [3.8, 4) is 0 Å². The Morgan fingerprint density at radius 1 is 1.06 bits per heavy atom. The van der Waals surface area contributed by atoms with E-state index in [0.29, 0.717) is 26.1 Å². The molecular formula is C27H40N2O6. The molecule has 0 radical (unpaired) electrons. The van der Waals surface area contributed by atoms with Gasteiger partial charge in [0.05, 0.1) is 12.5 Å². The summed E-state index contributed by atoms with van der Waals surface area (Å²) in [6, 6.07) is -0.856. The topological polar surface area (TPSA) is 96.4 Å². The molecule has 35 heavy (non-hydrogen) atoms. The van der Waals surface area contributed by atoms with Crippen molar-refractivity contribution in [3.63, 3.8) is 0 Å². The Morgan fingerprint density at radius 3 is 2.54 bits per heavy atom. The van der Waals surface area contributed by atoms with Gasteiger partial charge in [0.2, 0.25) is 11.8 Å². The van der Waals surface area contributed by atoms with Crippen LogP contribution < -0.4 is 0 Å². The minimum absolute atomic E-state index is 0.0357. The van der Waals surface area contributed by atoms with Crippen LogP contribution in [-0.2, 0) is 23.9 Å². The molecule has 1 spiro atoms. The van der Waals surface area contributed by atoms with E-state index >= 15 is 0 Å². The van der Waals surface area contributed by atoms with Gasteiger partial charge in [-0.3, -0.25) is 14.4 Å². The monoisotopic (exact) mass is 488 g/mol. The average Bonchev–Trinajstić information content (AvgIpc) is 3.20. The number of allylic oxidation sites excluding steroid dienone is 1. The summed E-state index contributed by atoms with van der Waals surface area (Å²) >= 11 is 0. The predicted octanol–water partition coefficient (Wildman–Crippen LogP) is 2.60. The molecule has 194 valence electrons. The summed E-state index contributed by atoms with van der Waals surface area (Å²) < 4.78 is 12.5. The number of esters is 1. The molecule has 0 saturated carbocycles. The zero-order chi connectivity index (χ0) is 25.2. The molecule has 0 bridgehead atoms. The lowest BCUT2D eigenvalue weighted by atomic mass is 9.73. The van der Waals surface area contributed by atoms with Crippen LogP contribution in [0.4, 0.5) is 0 Å². The lowest BCUT2D eigenvalue weighted by Crippen LogP contribution is -2.57. The van der Waals surface area contributed by atoms with Crippen molar-refractivity contribution in [2.24, 2.45) is 11.8 Å². The Labute approximate surface area is 208 Å². The van der Waals surface area contributed by atoms with Crippen molar-refractivity contribution >= 4 is 17.8 Å². The van der Waals surface area contributed by atoms with Gasteiger partial charge in [-0.05, 0) is 46.0 Å². The van der Waals surface area contributed by atoms with Crippen molar-refractivity contribution in [2.45, 2.75) is 89.0 Å². The fraction of sp³-hybridized carbons (Fsp3) is 0.741. The molecule has 8 nitrogen and oxygen atoms in total. The highest BCUT2D eigenvalue weighted by Gasteiger charge is 2.75. The summed E-state index contributed by atoms with van der Waals surface area (Å²) in [6.07, 6.45) is 12.9. The van der Waals surface area contributed by atoms with Gasteiger partial charge in [-0.1, -0.05) is 44.1 Å². The molecule has 4 aliphatic heterocycles. The average molecular weight is 489 g/mol. The number of carbonyl (C=O) groups excluding carboxylic acids is 3. The number of aliphatic hydroxyl groups excluding tert-OH is 1. The van der Waals surface area contributed by atoms with Crippen molar-refractivity contribution in [1.82, 2.24) is 9.80 Å². The first-order valence-corrected chi connectivity index (χ1v) is 13.3. The number of ether oxygens (including phenoxy) is 2. The summed E-state index contributed by atoms with van der Waals surface area (Å²) in [5.74, 6) is -2.37. The minimum atomic E-state index is -1.22. The van der Waals surface area contributed by atoms with E-state index in [1.54, 1.807) is 9.80 Å². The van der Waals surface area contributed by atoms with E-state index in [1.165, 1.54) is 0 Å². The molecule has 4 aliphatic rings. The summed E-state index contributed by atoms with van der Waals surface area (Å²) in [6.45, 7) is 7.21. The quantitative estimate of drug-likeness (QED) is 0.321. The zero-order valence-electron chi connectivity index (χ0n) is 21.3. The number of fused-ring (bicyclic) bond motifs is 2. The molecule has 2 saturated heterocycles. The molecule has 2 fully saturated rings. The van der Waals surface area contributed by atoms with Gasteiger partial charge in [0, 0.05) is 25.7 Å². The Morgan fingerprint density at radius 2 is 1.83 bits per heavy atom. The first-order valence-electron chi connectivity index (χ1n) is 13.3. The molecule has 0 aliphatic carbocycles. The number of rotatable bonds is 8. The van der Waals surface area contributed by atoms with Crippen molar-refractivity contribution < 1.29 is 29.0 Å². The lowest BCUT2D eigenvalue weighted by molar-refractivity contribution is -0.161. The summed E-state index contributed by atoms with van der Waals surface area (Å²) in [5, 5.41) is 9.09. The van der Waals surface area contributed by atoms with Crippen LogP contribution in [0.3, 0.4) is 0 Å². The van der Waals surface area contributed by atoms with Crippen LogP contribution in [0.5, 0.6) is 0 Å². The van der Waals surface area contributed by atoms with E-state index in [4.69, 9.17) is 14.6 Å². The molecule has 8 heteroatoms. The Balaban J connectivity index is 1.78. The third kappa shape index (κ3) is 4.33. The fourth-order valence-corrected chi connectivity index (χ4v) is 6.34. The second-order valence-corrected chi connectivity index (χ2v) is 10.5. The van der Waals surface area contributed by atoms with Crippen LogP contribution in [0.2, 0.25) is 0 Å². The highest BCUT2D eigenvalue weighted by Crippen LogP contribution is 2.58. The molecule has 1 N–H and O–H groups in total. The number of cyclic esters (lactones) is 1. The predicted molar refractivity (Wildman–Crippen MR) is 130 cm³/mol. The molecule has 1 unspecified atom stereocenters. The second kappa shape index (κ2) is 10.4. The van der Waals surface area contributed by atoms with Gasteiger partial charge in [0.15, 0.2) is 0 Å². The maximum Gasteiger partial charge on any atom is 0.313 e. The smallest absolute Gasteiger partial charge is 0.313 e.